The van der Waals surface area contributed by atoms with Crippen molar-refractivity contribution in [2.75, 3.05) is 6.54 Å². The molecule has 0 heterocycles. The van der Waals surface area contributed by atoms with Crippen LogP contribution in [0.4, 0.5) is 0 Å². The van der Waals surface area contributed by atoms with Crippen LogP contribution in [0.1, 0.15) is 38.2 Å². The smallest absolute Gasteiger partial charge is 0.00699 e. The molecule has 1 nitrogen and oxygen atoms in total. The molecule has 1 aliphatic carbocycles. The molecule has 1 aromatic carbocycles. The molecule has 1 heteroatoms. The molecule has 2 rings (SSSR count). The predicted octanol–water partition coefficient (Wildman–Crippen LogP) is 3.40. The van der Waals surface area contributed by atoms with Crippen molar-refractivity contribution in [3.63, 3.8) is 0 Å². The van der Waals surface area contributed by atoms with Crippen molar-refractivity contribution in [2.45, 2.75) is 45.1 Å². The van der Waals surface area contributed by atoms with E-state index >= 15 is 0 Å². The highest BCUT2D eigenvalue weighted by Gasteiger charge is 2.22. The Morgan fingerprint density at radius 3 is 2.69 bits per heavy atom. The van der Waals surface area contributed by atoms with Gasteiger partial charge in [0.1, 0.15) is 0 Å². The third kappa shape index (κ3) is 3.34. The maximum Gasteiger partial charge on any atom is 0.00699 e. The van der Waals surface area contributed by atoms with E-state index in [1.165, 1.54) is 31.2 Å². The van der Waals surface area contributed by atoms with Crippen LogP contribution in [0, 0.1) is 5.92 Å². The van der Waals surface area contributed by atoms with E-state index in [1.807, 2.05) is 0 Å². The summed E-state index contributed by atoms with van der Waals surface area (Å²) < 4.78 is 0. The van der Waals surface area contributed by atoms with Crippen molar-refractivity contribution in [3.05, 3.63) is 35.9 Å². The van der Waals surface area contributed by atoms with Crippen LogP contribution in [-0.2, 0) is 6.42 Å². The molecule has 1 saturated carbocycles. The standard InChI is InChI=1S/C15H23N/c1-2-13-8-9-15(12-13)16-11-10-14-6-4-3-5-7-14/h3-7,13,15-16H,2,8-12H2,1H3. The first-order valence-electron chi connectivity index (χ1n) is 6.65. The topological polar surface area (TPSA) is 12.0 Å². The molecule has 2 atom stereocenters. The van der Waals surface area contributed by atoms with Crippen molar-refractivity contribution in [3.8, 4) is 0 Å². The summed E-state index contributed by atoms with van der Waals surface area (Å²) in [6.45, 7) is 3.45. The van der Waals surface area contributed by atoms with E-state index in [9.17, 15) is 0 Å². The van der Waals surface area contributed by atoms with E-state index in [1.54, 1.807) is 0 Å². The van der Waals surface area contributed by atoms with E-state index < -0.39 is 0 Å². The van der Waals surface area contributed by atoms with Crippen molar-refractivity contribution in [1.29, 1.82) is 0 Å². The first kappa shape index (κ1) is 11.7. The molecule has 0 bridgehead atoms. The molecule has 0 aromatic heterocycles. The number of benzene rings is 1. The zero-order valence-electron chi connectivity index (χ0n) is 10.3. The van der Waals surface area contributed by atoms with Crippen LogP contribution in [0.3, 0.4) is 0 Å². The van der Waals surface area contributed by atoms with Gasteiger partial charge in [0, 0.05) is 6.04 Å². The van der Waals surface area contributed by atoms with E-state index in [2.05, 4.69) is 42.6 Å². The zero-order chi connectivity index (χ0) is 11.2. The summed E-state index contributed by atoms with van der Waals surface area (Å²) in [6.07, 6.45) is 6.73. The SMILES string of the molecule is CCC1CCC(NCCc2ccccc2)C1. The Morgan fingerprint density at radius 1 is 1.19 bits per heavy atom. The Morgan fingerprint density at radius 2 is 2.00 bits per heavy atom. The van der Waals surface area contributed by atoms with Gasteiger partial charge in [0.25, 0.3) is 0 Å². The fraction of sp³-hybridized carbons (Fsp3) is 0.600. The summed E-state index contributed by atoms with van der Waals surface area (Å²) in [6, 6.07) is 11.5. The Hall–Kier alpha value is -0.820. The van der Waals surface area contributed by atoms with Crippen LogP contribution in [0.2, 0.25) is 0 Å². The van der Waals surface area contributed by atoms with E-state index in [-0.39, 0.29) is 0 Å². The first-order chi connectivity index (χ1) is 7.88. The Kier molecular flexibility index (Phi) is 4.41. The lowest BCUT2D eigenvalue weighted by atomic mass is 10.1. The molecular weight excluding hydrogens is 194 g/mol. The summed E-state index contributed by atoms with van der Waals surface area (Å²) in [5, 5.41) is 3.69. The monoisotopic (exact) mass is 217 g/mol. The third-order valence-corrected chi connectivity index (χ3v) is 3.81. The molecule has 0 spiro atoms. The normalized spacial score (nSPS) is 24.8. The van der Waals surface area contributed by atoms with Crippen molar-refractivity contribution in [2.24, 2.45) is 5.92 Å². The van der Waals surface area contributed by atoms with Gasteiger partial charge in [0.05, 0.1) is 0 Å². The molecule has 88 valence electrons. The highest BCUT2D eigenvalue weighted by molar-refractivity contribution is 5.14. The van der Waals surface area contributed by atoms with Crippen LogP contribution in [0.15, 0.2) is 30.3 Å². The summed E-state index contributed by atoms with van der Waals surface area (Å²) in [4.78, 5) is 0. The molecule has 16 heavy (non-hydrogen) atoms. The highest BCUT2D eigenvalue weighted by Crippen LogP contribution is 2.27. The van der Waals surface area contributed by atoms with E-state index in [0.717, 1.165) is 24.9 Å². The predicted molar refractivity (Wildman–Crippen MR) is 69.6 cm³/mol. The fourth-order valence-electron chi connectivity index (χ4n) is 2.70. The Bertz CT molecular complexity index is 294. The first-order valence-corrected chi connectivity index (χ1v) is 6.65. The average molecular weight is 217 g/mol. The number of hydrogen-bond donors (Lipinski definition) is 1. The summed E-state index contributed by atoms with van der Waals surface area (Å²) in [5.41, 5.74) is 1.44. The van der Waals surface area contributed by atoms with Crippen LogP contribution in [0.25, 0.3) is 0 Å². The van der Waals surface area contributed by atoms with Gasteiger partial charge in [-0.1, -0.05) is 43.7 Å². The number of rotatable bonds is 5. The lowest BCUT2D eigenvalue weighted by Crippen LogP contribution is -2.28. The minimum absolute atomic E-state index is 0.786. The zero-order valence-corrected chi connectivity index (χ0v) is 10.3. The van der Waals surface area contributed by atoms with Crippen LogP contribution >= 0.6 is 0 Å². The molecule has 0 saturated heterocycles. The van der Waals surface area contributed by atoms with Gasteiger partial charge in [-0.15, -0.1) is 0 Å². The quantitative estimate of drug-likeness (QED) is 0.797. The Labute approximate surface area is 99.3 Å². The summed E-state index contributed by atoms with van der Waals surface area (Å²) in [5.74, 6) is 0.981. The van der Waals surface area contributed by atoms with Crippen molar-refractivity contribution in [1.82, 2.24) is 5.32 Å². The second-order valence-electron chi connectivity index (χ2n) is 4.97. The van der Waals surface area contributed by atoms with E-state index in [4.69, 9.17) is 0 Å². The number of nitrogens with one attached hydrogen (secondary N) is 1. The molecular formula is C15H23N. The van der Waals surface area contributed by atoms with Gasteiger partial charge in [-0.25, -0.2) is 0 Å². The molecule has 1 fully saturated rings. The van der Waals surface area contributed by atoms with Crippen LogP contribution in [-0.4, -0.2) is 12.6 Å². The third-order valence-electron chi connectivity index (χ3n) is 3.81. The van der Waals surface area contributed by atoms with Crippen LogP contribution in [0.5, 0.6) is 0 Å². The lowest BCUT2D eigenvalue weighted by Gasteiger charge is -2.12. The fourth-order valence-corrected chi connectivity index (χ4v) is 2.70. The summed E-state index contributed by atoms with van der Waals surface area (Å²) >= 11 is 0. The maximum absolute atomic E-state index is 3.69. The molecule has 0 amide bonds. The second-order valence-corrected chi connectivity index (χ2v) is 4.97. The highest BCUT2D eigenvalue weighted by atomic mass is 14.9. The minimum atomic E-state index is 0.786. The van der Waals surface area contributed by atoms with Crippen molar-refractivity contribution < 1.29 is 0 Å². The molecule has 1 aliphatic rings. The summed E-state index contributed by atoms with van der Waals surface area (Å²) in [7, 11) is 0. The van der Waals surface area contributed by atoms with Gasteiger partial charge in [-0.2, -0.15) is 0 Å². The largest absolute Gasteiger partial charge is 0.314 e. The van der Waals surface area contributed by atoms with E-state index in [0.29, 0.717) is 0 Å². The molecule has 1 N–H and O–H groups in total. The second kappa shape index (κ2) is 6.05. The average Bonchev–Trinajstić information content (AvgIpc) is 2.78. The maximum atomic E-state index is 3.69. The molecule has 0 radical (unpaired) electrons. The molecule has 2 unspecified atom stereocenters. The minimum Gasteiger partial charge on any atom is -0.314 e. The molecule has 1 aromatic rings. The van der Waals surface area contributed by atoms with Crippen molar-refractivity contribution >= 4 is 0 Å². The molecule has 0 aliphatic heterocycles. The van der Waals surface area contributed by atoms with Gasteiger partial charge in [0.15, 0.2) is 0 Å². The van der Waals surface area contributed by atoms with Gasteiger partial charge in [-0.05, 0) is 43.7 Å². The van der Waals surface area contributed by atoms with Crippen LogP contribution < -0.4 is 5.32 Å². The van der Waals surface area contributed by atoms with Gasteiger partial charge >= 0.3 is 0 Å². The number of hydrogen-bond acceptors (Lipinski definition) is 1. The van der Waals surface area contributed by atoms with Gasteiger partial charge in [-0.3, -0.25) is 0 Å². The lowest BCUT2D eigenvalue weighted by molar-refractivity contribution is 0.479. The Balaban J connectivity index is 1.65. The van der Waals surface area contributed by atoms with Gasteiger partial charge in [0.2, 0.25) is 0 Å². The van der Waals surface area contributed by atoms with Gasteiger partial charge < -0.3 is 5.32 Å².